The van der Waals surface area contributed by atoms with Crippen LogP contribution < -0.4 is 5.32 Å². The van der Waals surface area contributed by atoms with Gasteiger partial charge < -0.3 is 10.4 Å². The Kier molecular flexibility index (Phi) is 7.43. The Morgan fingerprint density at radius 2 is 1.95 bits per heavy atom. The van der Waals surface area contributed by atoms with Crippen molar-refractivity contribution in [1.29, 1.82) is 0 Å². The summed E-state index contributed by atoms with van der Waals surface area (Å²) in [7, 11) is 0. The lowest BCUT2D eigenvalue weighted by atomic mass is 10.1. The third-order valence-electron chi connectivity index (χ3n) is 2.41. The van der Waals surface area contributed by atoms with Gasteiger partial charge in [0.05, 0.1) is 6.42 Å². The molecule has 3 nitrogen and oxygen atoms in total. The summed E-state index contributed by atoms with van der Waals surface area (Å²) in [6, 6.07) is 3.54. The molecule has 0 radical (unpaired) electrons. The SMILES string of the molecule is O=C(Cc1c(F)cccc1F)NCCSCCCO. The normalized spacial score (nSPS) is 10.5. The van der Waals surface area contributed by atoms with Crippen LogP contribution in [0.5, 0.6) is 0 Å². The average Bonchev–Trinajstić information content (AvgIpc) is 2.38. The summed E-state index contributed by atoms with van der Waals surface area (Å²) in [5.74, 6) is -0.258. The number of nitrogens with one attached hydrogen (secondary N) is 1. The van der Waals surface area contributed by atoms with Gasteiger partial charge >= 0.3 is 0 Å². The summed E-state index contributed by atoms with van der Waals surface area (Å²) in [5.41, 5.74) is -0.201. The van der Waals surface area contributed by atoms with Crippen molar-refractivity contribution in [3.8, 4) is 0 Å². The lowest BCUT2D eigenvalue weighted by Crippen LogP contribution is -2.28. The maximum absolute atomic E-state index is 13.3. The van der Waals surface area contributed by atoms with Crippen LogP contribution in [-0.2, 0) is 11.2 Å². The van der Waals surface area contributed by atoms with Gasteiger partial charge in [0.1, 0.15) is 11.6 Å². The van der Waals surface area contributed by atoms with Gasteiger partial charge in [-0.3, -0.25) is 4.79 Å². The highest BCUT2D eigenvalue weighted by Gasteiger charge is 2.12. The first-order chi connectivity index (χ1) is 9.15. The number of aliphatic hydroxyl groups excluding tert-OH is 1. The van der Waals surface area contributed by atoms with Gasteiger partial charge in [0.25, 0.3) is 0 Å². The van der Waals surface area contributed by atoms with Crippen molar-refractivity contribution in [2.45, 2.75) is 12.8 Å². The van der Waals surface area contributed by atoms with Gasteiger partial charge in [0.2, 0.25) is 5.91 Å². The zero-order valence-corrected chi connectivity index (χ0v) is 11.3. The van der Waals surface area contributed by atoms with E-state index in [1.807, 2.05) is 0 Å². The van der Waals surface area contributed by atoms with E-state index in [1.54, 1.807) is 11.8 Å². The minimum Gasteiger partial charge on any atom is -0.396 e. The minimum absolute atomic E-state index is 0.159. The molecule has 0 fully saturated rings. The molecule has 0 atom stereocenters. The van der Waals surface area contributed by atoms with Crippen molar-refractivity contribution in [1.82, 2.24) is 5.32 Å². The van der Waals surface area contributed by atoms with Crippen LogP contribution in [-0.4, -0.2) is 35.7 Å². The fourth-order valence-electron chi connectivity index (χ4n) is 1.46. The molecule has 106 valence electrons. The van der Waals surface area contributed by atoms with E-state index in [4.69, 9.17) is 5.11 Å². The maximum atomic E-state index is 13.3. The van der Waals surface area contributed by atoms with Crippen LogP contribution in [0.25, 0.3) is 0 Å². The molecule has 1 rings (SSSR count). The van der Waals surface area contributed by atoms with Crippen LogP contribution >= 0.6 is 11.8 Å². The first kappa shape index (κ1) is 15.9. The number of amides is 1. The number of hydrogen-bond donors (Lipinski definition) is 2. The molecule has 19 heavy (non-hydrogen) atoms. The van der Waals surface area contributed by atoms with E-state index in [9.17, 15) is 13.6 Å². The number of halogens is 2. The van der Waals surface area contributed by atoms with E-state index >= 15 is 0 Å². The van der Waals surface area contributed by atoms with E-state index in [1.165, 1.54) is 6.07 Å². The Morgan fingerprint density at radius 3 is 2.58 bits per heavy atom. The number of aliphatic hydroxyl groups is 1. The van der Waals surface area contributed by atoms with Crippen molar-refractivity contribution in [3.63, 3.8) is 0 Å². The Labute approximate surface area is 115 Å². The minimum atomic E-state index is -0.701. The molecule has 0 aromatic heterocycles. The van der Waals surface area contributed by atoms with Gasteiger partial charge in [-0.1, -0.05) is 6.07 Å². The lowest BCUT2D eigenvalue weighted by Gasteiger charge is -2.06. The Morgan fingerprint density at radius 1 is 1.26 bits per heavy atom. The second kappa shape index (κ2) is 8.87. The predicted molar refractivity (Wildman–Crippen MR) is 72.1 cm³/mol. The molecule has 0 saturated heterocycles. The second-order valence-electron chi connectivity index (χ2n) is 3.92. The smallest absolute Gasteiger partial charge is 0.224 e. The van der Waals surface area contributed by atoms with Gasteiger partial charge in [-0.15, -0.1) is 0 Å². The standard InChI is InChI=1S/C13H17F2NO2S/c14-11-3-1-4-12(15)10(11)9-13(18)16-5-8-19-7-2-6-17/h1,3-4,17H,2,5-9H2,(H,16,18). The predicted octanol–water partition coefficient (Wildman–Crippen LogP) is 1.74. The molecular weight excluding hydrogens is 272 g/mol. The topological polar surface area (TPSA) is 49.3 Å². The largest absolute Gasteiger partial charge is 0.396 e. The van der Waals surface area contributed by atoms with Gasteiger partial charge in [-0.25, -0.2) is 8.78 Å². The Balaban J connectivity index is 2.28. The van der Waals surface area contributed by atoms with E-state index in [0.717, 1.165) is 24.3 Å². The van der Waals surface area contributed by atoms with E-state index in [0.29, 0.717) is 12.3 Å². The monoisotopic (exact) mass is 289 g/mol. The summed E-state index contributed by atoms with van der Waals surface area (Å²) in [6.07, 6.45) is 0.429. The fraction of sp³-hybridized carbons (Fsp3) is 0.462. The third kappa shape index (κ3) is 6.02. The number of benzene rings is 1. The first-order valence-electron chi connectivity index (χ1n) is 6.03. The number of hydrogen-bond acceptors (Lipinski definition) is 3. The number of carbonyl (C=O) groups excluding carboxylic acids is 1. The number of carbonyl (C=O) groups is 1. The zero-order valence-electron chi connectivity index (χ0n) is 10.5. The van der Waals surface area contributed by atoms with E-state index < -0.39 is 17.5 Å². The fourth-order valence-corrected chi connectivity index (χ4v) is 2.24. The quantitative estimate of drug-likeness (QED) is 0.717. The van der Waals surface area contributed by atoms with E-state index in [2.05, 4.69) is 5.32 Å². The van der Waals surface area contributed by atoms with Crippen molar-refractivity contribution in [2.24, 2.45) is 0 Å². The van der Waals surface area contributed by atoms with Crippen LogP contribution in [0.15, 0.2) is 18.2 Å². The number of rotatable bonds is 8. The van der Waals surface area contributed by atoms with Gasteiger partial charge in [-0.2, -0.15) is 11.8 Å². The summed E-state index contributed by atoms with van der Waals surface area (Å²) < 4.78 is 26.6. The van der Waals surface area contributed by atoms with Gasteiger partial charge in [0.15, 0.2) is 0 Å². The van der Waals surface area contributed by atoms with Crippen molar-refractivity contribution in [3.05, 3.63) is 35.4 Å². The van der Waals surface area contributed by atoms with Crippen molar-refractivity contribution < 1.29 is 18.7 Å². The summed E-state index contributed by atoms with van der Waals surface area (Å²) in [5, 5.41) is 11.2. The van der Waals surface area contributed by atoms with Crippen molar-refractivity contribution >= 4 is 17.7 Å². The molecule has 2 N–H and O–H groups in total. The summed E-state index contributed by atoms with van der Waals surface area (Å²) in [4.78, 5) is 11.5. The molecule has 1 aromatic carbocycles. The first-order valence-corrected chi connectivity index (χ1v) is 7.19. The maximum Gasteiger partial charge on any atom is 0.224 e. The lowest BCUT2D eigenvalue weighted by molar-refractivity contribution is -0.120. The molecule has 0 aliphatic carbocycles. The summed E-state index contributed by atoms with van der Waals surface area (Å²) >= 11 is 1.61. The highest BCUT2D eigenvalue weighted by molar-refractivity contribution is 7.99. The van der Waals surface area contributed by atoms with Crippen LogP contribution in [0.1, 0.15) is 12.0 Å². The van der Waals surface area contributed by atoms with Crippen LogP contribution in [0, 0.1) is 11.6 Å². The van der Waals surface area contributed by atoms with Gasteiger partial charge in [0, 0.05) is 24.5 Å². The molecule has 1 amide bonds. The second-order valence-corrected chi connectivity index (χ2v) is 5.14. The molecule has 0 aliphatic heterocycles. The van der Waals surface area contributed by atoms with Crippen LogP contribution in [0.4, 0.5) is 8.78 Å². The molecule has 0 unspecified atom stereocenters. The Bertz CT molecular complexity index is 395. The highest BCUT2D eigenvalue weighted by atomic mass is 32.2. The molecule has 0 saturated carbocycles. The zero-order chi connectivity index (χ0) is 14.1. The molecule has 0 spiro atoms. The van der Waals surface area contributed by atoms with E-state index in [-0.39, 0.29) is 18.6 Å². The molecular formula is C13H17F2NO2S. The van der Waals surface area contributed by atoms with Crippen LogP contribution in [0.2, 0.25) is 0 Å². The molecule has 0 bridgehead atoms. The summed E-state index contributed by atoms with van der Waals surface area (Å²) in [6.45, 7) is 0.608. The Hall–Kier alpha value is -1.14. The van der Waals surface area contributed by atoms with Gasteiger partial charge in [-0.05, 0) is 24.3 Å². The molecule has 6 heteroatoms. The van der Waals surface area contributed by atoms with Crippen molar-refractivity contribution in [2.75, 3.05) is 24.7 Å². The van der Waals surface area contributed by atoms with Crippen LogP contribution in [0.3, 0.4) is 0 Å². The molecule has 0 heterocycles. The molecule has 0 aliphatic rings. The third-order valence-corrected chi connectivity index (χ3v) is 3.48. The number of thioether (sulfide) groups is 1. The molecule has 1 aromatic rings. The highest BCUT2D eigenvalue weighted by Crippen LogP contribution is 2.12. The average molecular weight is 289 g/mol.